The summed E-state index contributed by atoms with van der Waals surface area (Å²) in [6, 6.07) is 4.75. The normalized spacial score (nSPS) is 14.3. The second-order valence-corrected chi connectivity index (χ2v) is 8.00. The van der Waals surface area contributed by atoms with E-state index in [0.29, 0.717) is 23.1 Å². The van der Waals surface area contributed by atoms with Crippen LogP contribution in [0.25, 0.3) is 28.1 Å². The lowest BCUT2D eigenvalue weighted by Gasteiger charge is -2.25. The molecule has 3 heterocycles. The molecule has 0 unspecified atom stereocenters. The minimum Gasteiger partial charge on any atom is -0.355 e. The number of nitrogens with zero attached hydrogens (tertiary/aromatic N) is 7. The van der Waals surface area contributed by atoms with Crippen LogP contribution in [0.2, 0.25) is 0 Å². The maximum Gasteiger partial charge on any atom is 0.280 e. The summed E-state index contributed by atoms with van der Waals surface area (Å²) in [5.74, 6) is 1.93. The molecule has 0 amide bonds. The Morgan fingerprint density at radius 2 is 2.03 bits per heavy atom. The van der Waals surface area contributed by atoms with Gasteiger partial charge in [0, 0.05) is 30.9 Å². The summed E-state index contributed by atoms with van der Waals surface area (Å²) in [6.45, 7) is 4.45. The second-order valence-electron chi connectivity index (χ2n) is 8.00. The molecule has 1 aliphatic rings. The average Bonchev–Trinajstić information content (AvgIpc) is 3.30. The molecule has 30 heavy (non-hydrogen) atoms. The first kappa shape index (κ1) is 18.9. The van der Waals surface area contributed by atoms with Gasteiger partial charge in [0.1, 0.15) is 18.0 Å². The van der Waals surface area contributed by atoms with Gasteiger partial charge in [-0.1, -0.05) is 5.16 Å². The van der Waals surface area contributed by atoms with E-state index in [2.05, 4.69) is 31.8 Å². The van der Waals surface area contributed by atoms with Crippen LogP contribution in [0.3, 0.4) is 0 Å². The largest absolute Gasteiger partial charge is 0.355 e. The molecule has 9 heteroatoms. The summed E-state index contributed by atoms with van der Waals surface area (Å²) in [7, 11) is 4.06. The Bertz CT molecular complexity index is 1210. The number of aromatic nitrogens is 5. The molecule has 8 nitrogen and oxygen atoms in total. The molecule has 3 aromatic heterocycles. The van der Waals surface area contributed by atoms with Gasteiger partial charge in [-0.15, -0.1) is 0 Å². The van der Waals surface area contributed by atoms with Crippen molar-refractivity contribution in [2.24, 2.45) is 0 Å². The van der Waals surface area contributed by atoms with Crippen LogP contribution in [0.15, 0.2) is 29.0 Å². The van der Waals surface area contributed by atoms with E-state index < -0.39 is 0 Å². The van der Waals surface area contributed by atoms with Crippen molar-refractivity contribution in [1.29, 1.82) is 0 Å². The Hall–Kier alpha value is -3.07. The molecule has 0 N–H and O–H groups in total. The third-order valence-corrected chi connectivity index (χ3v) is 5.50. The maximum atomic E-state index is 14.1. The fourth-order valence-corrected chi connectivity index (χ4v) is 3.65. The maximum absolute atomic E-state index is 14.1. The van der Waals surface area contributed by atoms with Crippen LogP contribution in [0.5, 0.6) is 0 Å². The van der Waals surface area contributed by atoms with Crippen LogP contribution in [-0.4, -0.2) is 63.1 Å². The molecule has 0 atom stereocenters. The Morgan fingerprint density at radius 1 is 1.20 bits per heavy atom. The third kappa shape index (κ3) is 3.28. The number of anilines is 1. The third-order valence-electron chi connectivity index (χ3n) is 5.50. The van der Waals surface area contributed by atoms with Gasteiger partial charge >= 0.3 is 0 Å². The highest BCUT2D eigenvalue weighted by Crippen LogP contribution is 2.39. The number of fused-ring (bicyclic) bond motifs is 3. The van der Waals surface area contributed by atoms with Gasteiger partial charge in [0.05, 0.1) is 5.52 Å². The Morgan fingerprint density at radius 3 is 2.77 bits per heavy atom. The summed E-state index contributed by atoms with van der Waals surface area (Å²) < 4.78 is 21.5. The summed E-state index contributed by atoms with van der Waals surface area (Å²) in [5, 5.41) is 4.86. The molecule has 0 saturated heterocycles. The summed E-state index contributed by atoms with van der Waals surface area (Å²) in [5.41, 5.74) is 2.00. The van der Waals surface area contributed by atoms with Gasteiger partial charge < -0.3 is 14.3 Å². The van der Waals surface area contributed by atoms with Gasteiger partial charge in [0.2, 0.25) is 0 Å². The summed E-state index contributed by atoms with van der Waals surface area (Å²) >= 11 is 0. The molecule has 0 bridgehead atoms. The van der Waals surface area contributed by atoms with E-state index in [1.54, 1.807) is 12.4 Å². The van der Waals surface area contributed by atoms with Gasteiger partial charge in [0.15, 0.2) is 17.2 Å². The van der Waals surface area contributed by atoms with Crippen molar-refractivity contribution < 1.29 is 8.91 Å². The van der Waals surface area contributed by atoms with E-state index in [1.165, 1.54) is 12.1 Å². The monoisotopic (exact) mass is 409 g/mol. The molecule has 4 aromatic rings. The zero-order valence-electron chi connectivity index (χ0n) is 17.3. The number of hydrogen-bond donors (Lipinski definition) is 0. The standard InChI is InChI=1S/C21H24FN7O/c1-4-28(10-9-27(2)3)19-15-11-14(22)7-8-16(15)29-12-23-17(20(29)25-19)21-24-18(26-30-21)13-5-6-13/h7-8,11-13H,4-6,9-10H2,1-3H3. The Labute approximate surface area is 173 Å². The minimum absolute atomic E-state index is 0.292. The van der Waals surface area contributed by atoms with E-state index in [9.17, 15) is 4.39 Å². The molecule has 156 valence electrons. The van der Waals surface area contributed by atoms with Crippen molar-refractivity contribution in [2.45, 2.75) is 25.7 Å². The molecule has 1 aliphatic carbocycles. The zero-order chi connectivity index (χ0) is 20.8. The lowest BCUT2D eigenvalue weighted by molar-refractivity contribution is 0.414. The fourth-order valence-electron chi connectivity index (χ4n) is 3.65. The highest BCUT2D eigenvalue weighted by Gasteiger charge is 2.30. The van der Waals surface area contributed by atoms with E-state index >= 15 is 0 Å². The van der Waals surface area contributed by atoms with E-state index in [4.69, 9.17) is 9.51 Å². The molecule has 0 radical (unpaired) electrons. The first-order valence-corrected chi connectivity index (χ1v) is 10.2. The molecular formula is C21H24FN7O. The van der Waals surface area contributed by atoms with Crippen molar-refractivity contribution in [2.75, 3.05) is 38.6 Å². The molecular weight excluding hydrogens is 385 g/mol. The summed E-state index contributed by atoms with van der Waals surface area (Å²) in [6.07, 6.45) is 3.87. The van der Waals surface area contributed by atoms with Gasteiger partial charge in [-0.3, -0.25) is 4.40 Å². The number of rotatable bonds is 7. The fraction of sp³-hybridized carbons (Fsp3) is 0.429. The van der Waals surface area contributed by atoms with Crippen LogP contribution in [-0.2, 0) is 0 Å². The predicted molar refractivity (Wildman–Crippen MR) is 112 cm³/mol. The molecule has 1 saturated carbocycles. The molecule has 0 aliphatic heterocycles. The van der Waals surface area contributed by atoms with Crippen molar-refractivity contribution in [3.63, 3.8) is 0 Å². The van der Waals surface area contributed by atoms with Crippen LogP contribution in [0.1, 0.15) is 31.5 Å². The van der Waals surface area contributed by atoms with Gasteiger partial charge in [-0.25, -0.2) is 14.4 Å². The van der Waals surface area contributed by atoms with E-state index in [1.807, 2.05) is 18.5 Å². The van der Waals surface area contributed by atoms with Crippen molar-refractivity contribution >= 4 is 22.4 Å². The lowest BCUT2D eigenvalue weighted by Crippen LogP contribution is -2.32. The Balaban J connectivity index is 1.68. The summed E-state index contributed by atoms with van der Waals surface area (Å²) in [4.78, 5) is 18.2. The second kappa shape index (κ2) is 7.32. The van der Waals surface area contributed by atoms with E-state index in [0.717, 1.165) is 55.0 Å². The average molecular weight is 409 g/mol. The van der Waals surface area contributed by atoms with Crippen LogP contribution in [0, 0.1) is 5.82 Å². The van der Waals surface area contributed by atoms with E-state index in [-0.39, 0.29) is 5.82 Å². The van der Waals surface area contributed by atoms with Crippen molar-refractivity contribution in [3.8, 4) is 11.6 Å². The first-order chi connectivity index (χ1) is 14.5. The Kier molecular flexibility index (Phi) is 4.62. The van der Waals surface area contributed by atoms with Crippen molar-refractivity contribution in [3.05, 3.63) is 36.2 Å². The van der Waals surface area contributed by atoms with Gasteiger partial charge in [-0.05, 0) is 52.1 Å². The number of likely N-dealkylation sites (N-methyl/N-ethyl adjacent to an activating group) is 2. The number of halogens is 1. The topological polar surface area (TPSA) is 75.6 Å². The number of benzene rings is 1. The van der Waals surface area contributed by atoms with Gasteiger partial charge in [-0.2, -0.15) is 4.98 Å². The smallest absolute Gasteiger partial charge is 0.280 e. The van der Waals surface area contributed by atoms with Crippen molar-refractivity contribution in [1.82, 2.24) is 29.4 Å². The highest BCUT2D eigenvalue weighted by atomic mass is 19.1. The molecule has 1 fully saturated rings. The quantitative estimate of drug-likeness (QED) is 0.463. The zero-order valence-corrected chi connectivity index (χ0v) is 17.3. The molecule has 1 aromatic carbocycles. The lowest BCUT2D eigenvalue weighted by atomic mass is 10.2. The number of hydrogen-bond acceptors (Lipinski definition) is 7. The SMILES string of the molecule is CCN(CCN(C)C)c1nc2c(-c3nc(C4CC4)no3)ncn2c2ccc(F)cc12. The van der Waals surface area contributed by atoms with Crippen LogP contribution < -0.4 is 4.90 Å². The number of imidazole rings is 1. The predicted octanol–water partition coefficient (Wildman–Crippen LogP) is 3.34. The van der Waals surface area contributed by atoms with Crippen LogP contribution >= 0.6 is 0 Å². The highest BCUT2D eigenvalue weighted by molar-refractivity contribution is 5.93. The van der Waals surface area contributed by atoms with Gasteiger partial charge in [0.25, 0.3) is 5.89 Å². The molecule has 5 rings (SSSR count). The molecule has 0 spiro atoms. The first-order valence-electron chi connectivity index (χ1n) is 10.2. The van der Waals surface area contributed by atoms with Crippen LogP contribution in [0.4, 0.5) is 10.2 Å². The minimum atomic E-state index is -0.292.